The van der Waals surface area contributed by atoms with Crippen molar-refractivity contribution in [3.05, 3.63) is 11.9 Å². The van der Waals surface area contributed by atoms with Gasteiger partial charge in [-0.2, -0.15) is 18.3 Å². The number of aromatic nitrogens is 2. The molecule has 0 saturated heterocycles. The predicted octanol–water partition coefficient (Wildman–Crippen LogP) is 6.18. The number of unbranched alkanes of at least 4 members (excludes halogenated alkanes) is 5. The Bertz CT molecular complexity index is 485. The van der Waals surface area contributed by atoms with Crippen molar-refractivity contribution in [2.75, 3.05) is 7.11 Å². The molecular weight excluding hydrogens is 317 g/mol. The molecule has 1 unspecified atom stereocenters. The first kappa shape index (κ1) is 20.8. The molecule has 0 aromatic carbocycles. The number of methoxy groups -OCH3 is 1. The average Bonchev–Trinajstić information content (AvgIpc) is 2.98. The van der Waals surface area contributed by atoms with Gasteiger partial charge in [0.25, 0.3) is 0 Å². The molecule has 1 rings (SSSR count). The average molecular weight is 348 g/mol. The van der Waals surface area contributed by atoms with Gasteiger partial charge in [-0.15, -0.1) is 0 Å². The normalized spacial score (nSPS) is 14.6. The van der Waals surface area contributed by atoms with Crippen molar-refractivity contribution >= 4 is 0 Å². The topological polar surface area (TPSA) is 27.1 Å². The van der Waals surface area contributed by atoms with Gasteiger partial charge < -0.3 is 4.74 Å². The number of ether oxygens (including phenoxy) is 1. The van der Waals surface area contributed by atoms with E-state index in [4.69, 9.17) is 4.74 Å². The van der Waals surface area contributed by atoms with Gasteiger partial charge in [0.05, 0.1) is 18.8 Å². The van der Waals surface area contributed by atoms with E-state index in [-0.39, 0.29) is 5.75 Å². The van der Waals surface area contributed by atoms with Gasteiger partial charge in [0.15, 0.2) is 11.4 Å². The summed E-state index contributed by atoms with van der Waals surface area (Å²) in [5.41, 5.74) is -1.40. The molecule has 1 aromatic rings. The van der Waals surface area contributed by atoms with Crippen molar-refractivity contribution in [2.24, 2.45) is 0 Å². The Labute approximate surface area is 143 Å². The van der Waals surface area contributed by atoms with E-state index in [9.17, 15) is 13.2 Å². The minimum atomic E-state index is -4.47. The summed E-state index contributed by atoms with van der Waals surface area (Å²) >= 11 is 0. The molecule has 6 heteroatoms. The number of alkyl halides is 3. The van der Waals surface area contributed by atoms with Gasteiger partial charge >= 0.3 is 6.18 Å². The van der Waals surface area contributed by atoms with E-state index in [2.05, 4.69) is 18.9 Å². The molecule has 3 nitrogen and oxygen atoms in total. The van der Waals surface area contributed by atoms with Crippen LogP contribution in [0.4, 0.5) is 13.2 Å². The van der Waals surface area contributed by atoms with Crippen LogP contribution in [0.15, 0.2) is 6.20 Å². The summed E-state index contributed by atoms with van der Waals surface area (Å²) in [7, 11) is 1.25. The summed E-state index contributed by atoms with van der Waals surface area (Å²) in [5, 5.41) is 4.07. The lowest BCUT2D eigenvalue weighted by molar-refractivity contribution is -0.148. The van der Waals surface area contributed by atoms with Gasteiger partial charge in [-0.1, -0.05) is 58.8 Å². The van der Waals surface area contributed by atoms with E-state index in [0.717, 1.165) is 38.5 Å². The summed E-state index contributed by atoms with van der Waals surface area (Å²) in [6.45, 7) is 6.09. The molecular formula is C18H31F3N2O. The first-order valence-corrected chi connectivity index (χ1v) is 8.99. The molecule has 24 heavy (non-hydrogen) atoms. The van der Waals surface area contributed by atoms with Crippen molar-refractivity contribution in [1.82, 2.24) is 9.78 Å². The molecule has 0 aliphatic rings. The first-order valence-electron chi connectivity index (χ1n) is 8.99. The Morgan fingerprint density at radius 3 is 2.12 bits per heavy atom. The third-order valence-corrected chi connectivity index (χ3v) is 4.62. The summed E-state index contributed by atoms with van der Waals surface area (Å²) in [6.07, 6.45) is 5.36. The van der Waals surface area contributed by atoms with Crippen LogP contribution in [0.5, 0.6) is 5.75 Å². The second-order valence-corrected chi connectivity index (χ2v) is 6.74. The third-order valence-electron chi connectivity index (χ3n) is 4.62. The lowest BCUT2D eigenvalue weighted by Crippen LogP contribution is -2.35. The van der Waals surface area contributed by atoms with Crippen LogP contribution in [-0.4, -0.2) is 16.9 Å². The van der Waals surface area contributed by atoms with Crippen molar-refractivity contribution in [3.8, 4) is 5.75 Å². The van der Waals surface area contributed by atoms with Crippen LogP contribution in [0.25, 0.3) is 0 Å². The fourth-order valence-electron chi connectivity index (χ4n) is 3.16. The van der Waals surface area contributed by atoms with Crippen molar-refractivity contribution in [3.63, 3.8) is 0 Å². The maximum atomic E-state index is 13.5. The first-order chi connectivity index (χ1) is 11.3. The highest BCUT2D eigenvalue weighted by Gasteiger charge is 2.43. The zero-order valence-corrected chi connectivity index (χ0v) is 15.4. The highest BCUT2D eigenvalue weighted by molar-refractivity contribution is 5.29. The van der Waals surface area contributed by atoms with Gasteiger partial charge in [0.2, 0.25) is 0 Å². The van der Waals surface area contributed by atoms with Crippen LogP contribution >= 0.6 is 0 Å². The summed E-state index contributed by atoms with van der Waals surface area (Å²) in [4.78, 5) is 0. The minimum absolute atomic E-state index is 0.198. The lowest BCUT2D eigenvalue weighted by atomic mass is 9.88. The minimum Gasteiger partial charge on any atom is -0.493 e. The van der Waals surface area contributed by atoms with Crippen molar-refractivity contribution < 1.29 is 17.9 Å². The van der Waals surface area contributed by atoms with Crippen LogP contribution in [0, 0.1) is 0 Å². The lowest BCUT2D eigenvalue weighted by Gasteiger charge is -2.32. The molecule has 0 spiro atoms. The molecule has 0 aliphatic carbocycles. The summed E-state index contributed by atoms with van der Waals surface area (Å²) in [6, 6.07) is 0. The fraction of sp³-hybridized carbons (Fsp3) is 0.833. The molecule has 0 aliphatic heterocycles. The summed E-state index contributed by atoms with van der Waals surface area (Å²) in [5.74, 6) is -0.198. The van der Waals surface area contributed by atoms with Gasteiger partial charge in [0, 0.05) is 0 Å². The molecule has 1 aromatic heterocycles. The van der Waals surface area contributed by atoms with E-state index in [1.165, 1.54) is 24.4 Å². The van der Waals surface area contributed by atoms with Crippen molar-refractivity contribution in [1.29, 1.82) is 0 Å². The Morgan fingerprint density at radius 2 is 1.58 bits per heavy atom. The maximum Gasteiger partial charge on any atom is 0.436 e. The molecule has 1 heterocycles. The molecule has 0 amide bonds. The molecule has 140 valence electrons. The Kier molecular flexibility index (Phi) is 8.10. The van der Waals surface area contributed by atoms with E-state index < -0.39 is 17.4 Å². The molecule has 0 N–H and O–H groups in total. The number of rotatable bonds is 11. The molecule has 0 radical (unpaired) electrons. The Hall–Kier alpha value is -1.20. The van der Waals surface area contributed by atoms with E-state index in [1.807, 2.05) is 6.92 Å². The zero-order chi connectivity index (χ0) is 18.2. The van der Waals surface area contributed by atoms with Crippen LogP contribution in [0.1, 0.15) is 84.3 Å². The van der Waals surface area contributed by atoms with Crippen LogP contribution in [-0.2, 0) is 11.7 Å². The quantitative estimate of drug-likeness (QED) is 0.447. The van der Waals surface area contributed by atoms with E-state index in [1.54, 1.807) is 0 Å². The van der Waals surface area contributed by atoms with Crippen LogP contribution in [0.2, 0.25) is 0 Å². The SMILES string of the molecule is CCCCCCCC(C)(CCCC)n1ncc(OC)c1C(F)(F)F. The van der Waals surface area contributed by atoms with Gasteiger partial charge in [0.1, 0.15) is 0 Å². The van der Waals surface area contributed by atoms with E-state index >= 15 is 0 Å². The molecule has 0 bridgehead atoms. The van der Waals surface area contributed by atoms with Gasteiger partial charge in [-0.05, 0) is 19.8 Å². The molecule has 0 saturated carbocycles. The largest absolute Gasteiger partial charge is 0.493 e. The second-order valence-electron chi connectivity index (χ2n) is 6.74. The smallest absolute Gasteiger partial charge is 0.436 e. The Balaban J connectivity index is 3.04. The number of halogens is 3. The van der Waals surface area contributed by atoms with Crippen LogP contribution in [0.3, 0.4) is 0 Å². The number of nitrogens with zero attached hydrogens (tertiary/aromatic N) is 2. The standard InChI is InChI=1S/C18H31F3N2O/c1-5-7-9-10-11-13-17(3,12-8-6-2)23-16(18(19,20)21)15(24-4)14-22-23/h14H,5-13H2,1-4H3. The Morgan fingerprint density at radius 1 is 1.00 bits per heavy atom. The second kappa shape index (κ2) is 9.33. The van der Waals surface area contributed by atoms with Gasteiger partial charge in [-0.3, -0.25) is 4.68 Å². The monoisotopic (exact) mass is 348 g/mol. The highest BCUT2D eigenvalue weighted by atomic mass is 19.4. The van der Waals surface area contributed by atoms with E-state index in [0.29, 0.717) is 12.8 Å². The van der Waals surface area contributed by atoms with Crippen molar-refractivity contribution in [2.45, 2.75) is 90.3 Å². The molecule has 0 fully saturated rings. The zero-order valence-electron chi connectivity index (χ0n) is 15.4. The number of hydrogen-bond acceptors (Lipinski definition) is 2. The number of hydrogen-bond donors (Lipinski definition) is 0. The van der Waals surface area contributed by atoms with Gasteiger partial charge in [-0.25, -0.2) is 0 Å². The molecule has 1 atom stereocenters. The predicted molar refractivity (Wildman–Crippen MR) is 90.3 cm³/mol. The highest BCUT2D eigenvalue weighted by Crippen LogP contribution is 2.41. The maximum absolute atomic E-state index is 13.5. The summed E-state index contributed by atoms with van der Waals surface area (Å²) < 4.78 is 46.7. The van der Waals surface area contributed by atoms with Crippen LogP contribution < -0.4 is 4.74 Å². The third kappa shape index (κ3) is 5.42. The fourth-order valence-corrected chi connectivity index (χ4v) is 3.16.